The summed E-state index contributed by atoms with van der Waals surface area (Å²) in [6.45, 7) is 0.448. The Hall–Kier alpha value is -2.75. The number of benzene rings is 2. The van der Waals surface area contributed by atoms with Gasteiger partial charge in [-0.1, -0.05) is 30.3 Å². The zero-order valence-electron chi connectivity index (χ0n) is 10.9. The first kappa shape index (κ1) is 12.3. The lowest BCUT2D eigenvalue weighted by Crippen LogP contribution is -1.95. The molecular formula is C16H15N3O. The first-order chi connectivity index (χ1) is 9.81. The maximum absolute atomic E-state index is 5.67. The van der Waals surface area contributed by atoms with E-state index in [9.17, 15) is 0 Å². The summed E-state index contributed by atoms with van der Waals surface area (Å²) in [6, 6.07) is 19.4. The van der Waals surface area contributed by atoms with E-state index in [1.165, 1.54) is 0 Å². The monoisotopic (exact) mass is 265 g/mol. The quantitative estimate of drug-likeness (QED) is 0.712. The molecule has 1 heterocycles. The van der Waals surface area contributed by atoms with Crippen LogP contribution in [0.4, 0.5) is 5.69 Å². The molecule has 0 amide bonds. The molecular weight excluding hydrogens is 250 g/mol. The molecule has 1 aromatic heterocycles. The van der Waals surface area contributed by atoms with Crippen molar-refractivity contribution in [2.24, 2.45) is 0 Å². The number of hydrogen-bond acceptors (Lipinski definition) is 3. The van der Waals surface area contributed by atoms with Crippen LogP contribution < -0.4 is 10.5 Å². The number of nitrogens with zero attached hydrogens (tertiary/aromatic N) is 1. The molecule has 0 atom stereocenters. The van der Waals surface area contributed by atoms with E-state index in [2.05, 4.69) is 10.2 Å². The second-order valence-corrected chi connectivity index (χ2v) is 4.50. The van der Waals surface area contributed by atoms with Crippen molar-refractivity contribution in [2.75, 3.05) is 5.73 Å². The van der Waals surface area contributed by atoms with E-state index < -0.39 is 0 Å². The van der Waals surface area contributed by atoms with Gasteiger partial charge in [0, 0.05) is 11.3 Å². The molecule has 2 aromatic carbocycles. The molecule has 0 radical (unpaired) electrons. The molecule has 4 nitrogen and oxygen atoms in total. The van der Waals surface area contributed by atoms with Crippen LogP contribution >= 0.6 is 0 Å². The van der Waals surface area contributed by atoms with Gasteiger partial charge in [-0.05, 0) is 30.3 Å². The van der Waals surface area contributed by atoms with E-state index in [0.29, 0.717) is 6.61 Å². The average Bonchev–Trinajstić information content (AvgIpc) is 2.97. The minimum Gasteiger partial charge on any atom is -0.487 e. The highest BCUT2D eigenvalue weighted by Crippen LogP contribution is 2.18. The standard InChI is InChI=1S/C16H15N3O/c17-13-6-8-15(9-7-13)20-11-14-10-16(19-18-14)12-4-2-1-3-5-12/h1-10H,11,17H2,(H,18,19). The summed E-state index contributed by atoms with van der Waals surface area (Å²) in [5.74, 6) is 0.787. The van der Waals surface area contributed by atoms with Crippen LogP contribution in [-0.2, 0) is 6.61 Å². The third-order valence-electron chi connectivity index (χ3n) is 2.97. The van der Waals surface area contributed by atoms with Gasteiger partial charge in [-0.3, -0.25) is 5.10 Å². The maximum Gasteiger partial charge on any atom is 0.130 e. The van der Waals surface area contributed by atoms with E-state index in [1.54, 1.807) is 0 Å². The van der Waals surface area contributed by atoms with Crippen molar-refractivity contribution in [1.82, 2.24) is 10.2 Å². The molecule has 0 saturated carbocycles. The highest BCUT2D eigenvalue weighted by Gasteiger charge is 2.04. The Bertz CT molecular complexity index is 674. The fourth-order valence-electron chi connectivity index (χ4n) is 1.92. The topological polar surface area (TPSA) is 63.9 Å². The predicted molar refractivity (Wildman–Crippen MR) is 79.2 cm³/mol. The highest BCUT2D eigenvalue weighted by atomic mass is 16.5. The Morgan fingerprint density at radius 1 is 1.00 bits per heavy atom. The van der Waals surface area contributed by atoms with Crippen molar-refractivity contribution < 1.29 is 4.74 Å². The van der Waals surface area contributed by atoms with E-state index in [1.807, 2.05) is 60.7 Å². The molecule has 0 aliphatic carbocycles. The van der Waals surface area contributed by atoms with E-state index in [-0.39, 0.29) is 0 Å². The third-order valence-corrected chi connectivity index (χ3v) is 2.97. The lowest BCUT2D eigenvalue weighted by molar-refractivity contribution is 0.301. The summed E-state index contributed by atoms with van der Waals surface area (Å²) >= 11 is 0. The fourth-order valence-corrected chi connectivity index (χ4v) is 1.92. The summed E-state index contributed by atoms with van der Waals surface area (Å²) in [5.41, 5.74) is 9.29. The molecule has 20 heavy (non-hydrogen) atoms. The van der Waals surface area contributed by atoms with E-state index in [4.69, 9.17) is 10.5 Å². The van der Waals surface area contributed by atoms with Gasteiger partial charge in [-0.2, -0.15) is 5.10 Å². The van der Waals surface area contributed by atoms with Gasteiger partial charge in [0.15, 0.2) is 0 Å². The number of anilines is 1. The second-order valence-electron chi connectivity index (χ2n) is 4.50. The summed E-state index contributed by atoms with van der Waals surface area (Å²) in [6.07, 6.45) is 0. The largest absolute Gasteiger partial charge is 0.487 e. The van der Waals surface area contributed by atoms with E-state index >= 15 is 0 Å². The number of aromatic amines is 1. The number of nitrogen functional groups attached to an aromatic ring is 1. The molecule has 100 valence electrons. The summed E-state index contributed by atoms with van der Waals surface area (Å²) in [5, 5.41) is 7.27. The Kier molecular flexibility index (Phi) is 3.37. The Labute approximate surface area is 117 Å². The smallest absolute Gasteiger partial charge is 0.130 e. The Balaban J connectivity index is 1.67. The van der Waals surface area contributed by atoms with Crippen LogP contribution in [0.25, 0.3) is 11.3 Å². The van der Waals surface area contributed by atoms with E-state index in [0.717, 1.165) is 28.4 Å². The second kappa shape index (κ2) is 5.48. The first-order valence-corrected chi connectivity index (χ1v) is 6.39. The number of nitrogens with two attached hydrogens (primary N) is 1. The van der Waals surface area contributed by atoms with Crippen LogP contribution in [-0.4, -0.2) is 10.2 Å². The zero-order chi connectivity index (χ0) is 13.8. The predicted octanol–water partition coefficient (Wildman–Crippen LogP) is 3.24. The van der Waals surface area contributed by atoms with Gasteiger partial charge in [0.05, 0.1) is 11.4 Å². The van der Waals surface area contributed by atoms with Crippen LogP contribution in [0.5, 0.6) is 5.75 Å². The van der Waals surface area contributed by atoms with Gasteiger partial charge in [0.1, 0.15) is 12.4 Å². The van der Waals surface area contributed by atoms with Gasteiger partial charge in [0.25, 0.3) is 0 Å². The van der Waals surface area contributed by atoms with Gasteiger partial charge in [-0.25, -0.2) is 0 Å². The number of aromatic nitrogens is 2. The fraction of sp³-hybridized carbons (Fsp3) is 0.0625. The Morgan fingerprint density at radius 3 is 2.50 bits per heavy atom. The summed E-state index contributed by atoms with van der Waals surface area (Å²) in [4.78, 5) is 0. The number of hydrogen-bond donors (Lipinski definition) is 2. The lowest BCUT2D eigenvalue weighted by atomic mass is 10.1. The van der Waals surface area contributed by atoms with Gasteiger partial charge < -0.3 is 10.5 Å². The maximum atomic E-state index is 5.67. The van der Waals surface area contributed by atoms with Gasteiger partial charge in [0.2, 0.25) is 0 Å². The van der Waals surface area contributed by atoms with Gasteiger partial charge in [-0.15, -0.1) is 0 Å². The normalized spacial score (nSPS) is 10.4. The molecule has 0 unspecified atom stereocenters. The molecule has 3 rings (SSSR count). The van der Waals surface area contributed by atoms with Crippen LogP contribution in [0.15, 0.2) is 60.7 Å². The van der Waals surface area contributed by atoms with Crippen LogP contribution in [0, 0.1) is 0 Å². The SMILES string of the molecule is Nc1ccc(OCc2cc(-c3ccccc3)n[nH]2)cc1. The first-order valence-electron chi connectivity index (χ1n) is 6.39. The molecule has 0 aliphatic heterocycles. The molecule has 0 aliphatic rings. The van der Waals surface area contributed by atoms with Gasteiger partial charge >= 0.3 is 0 Å². The van der Waals surface area contributed by atoms with Crippen molar-refractivity contribution in [2.45, 2.75) is 6.61 Å². The molecule has 3 aromatic rings. The van der Waals surface area contributed by atoms with Crippen molar-refractivity contribution in [3.8, 4) is 17.0 Å². The number of H-pyrrole nitrogens is 1. The third kappa shape index (κ3) is 2.80. The lowest BCUT2D eigenvalue weighted by Gasteiger charge is -2.04. The number of rotatable bonds is 4. The summed E-state index contributed by atoms with van der Waals surface area (Å²) in [7, 11) is 0. The molecule has 0 bridgehead atoms. The zero-order valence-corrected chi connectivity index (χ0v) is 10.9. The minimum atomic E-state index is 0.448. The molecule has 0 saturated heterocycles. The van der Waals surface area contributed by atoms with Crippen molar-refractivity contribution in [3.05, 3.63) is 66.4 Å². The van der Waals surface area contributed by atoms with Crippen molar-refractivity contribution in [3.63, 3.8) is 0 Å². The van der Waals surface area contributed by atoms with Crippen LogP contribution in [0.3, 0.4) is 0 Å². The van der Waals surface area contributed by atoms with Crippen molar-refractivity contribution in [1.29, 1.82) is 0 Å². The number of nitrogens with one attached hydrogen (secondary N) is 1. The van der Waals surface area contributed by atoms with Crippen molar-refractivity contribution >= 4 is 5.69 Å². The average molecular weight is 265 g/mol. The highest BCUT2D eigenvalue weighted by molar-refractivity contribution is 5.58. The summed E-state index contributed by atoms with van der Waals surface area (Å²) < 4.78 is 5.67. The minimum absolute atomic E-state index is 0.448. The molecule has 0 spiro atoms. The van der Waals surface area contributed by atoms with Crippen LogP contribution in [0.2, 0.25) is 0 Å². The Morgan fingerprint density at radius 2 is 1.75 bits per heavy atom. The molecule has 0 fully saturated rings. The molecule has 3 N–H and O–H groups in total. The molecule has 4 heteroatoms. The van der Waals surface area contributed by atoms with Crippen LogP contribution in [0.1, 0.15) is 5.69 Å². The number of ether oxygens (including phenoxy) is 1.